The fraction of sp³-hybridized carbons (Fsp3) is 0.125. The highest BCUT2D eigenvalue weighted by molar-refractivity contribution is 6.04. The van der Waals surface area contributed by atoms with Gasteiger partial charge in [0.25, 0.3) is 5.91 Å². The van der Waals surface area contributed by atoms with Gasteiger partial charge in [0, 0.05) is 18.1 Å². The Bertz CT molecular complexity index is 840. The van der Waals surface area contributed by atoms with Crippen LogP contribution in [0.15, 0.2) is 40.9 Å². The standard InChI is InChI=1S/C16H14FN3O2/c1-19-7-9-2-3-13(20-8-9)14-5-10-4-11(17)6-12(16(18)21)15(10)22-14/h2-6,8,19H,7H2,1H3,(H2,18,21). The molecule has 0 saturated carbocycles. The van der Waals surface area contributed by atoms with Gasteiger partial charge in [-0.25, -0.2) is 4.39 Å². The third kappa shape index (κ3) is 2.56. The van der Waals surface area contributed by atoms with Gasteiger partial charge in [0.15, 0.2) is 5.76 Å². The molecule has 112 valence electrons. The quantitative estimate of drug-likeness (QED) is 0.775. The number of carbonyl (C=O) groups is 1. The second-order valence-corrected chi connectivity index (χ2v) is 4.93. The molecule has 6 heteroatoms. The Hall–Kier alpha value is -2.73. The third-order valence-corrected chi connectivity index (χ3v) is 3.30. The summed E-state index contributed by atoms with van der Waals surface area (Å²) in [5.74, 6) is -0.812. The van der Waals surface area contributed by atoms with Crippen LogP contribution in [0.25, 0.3) is 22.4 Å². The maximum Gasteiger partial charge on any atom is 0.252 e. The Balaban J connectivity index is 2.08. The van der Waals surface area contributed by atoms with Crippen molar-refractivity contribution in [2.75, 3.05) is 7.05 Å². The fourth-order valence-electron chi connectivity index (χ4n) is 2.30. The number of halogens is 1. The van der Waals surface area contributed by atoms with Crippen molar-refractivity contribution in [3.8, 4) is 11.5 Å². The predicted molar refractivity (Wildman–Crippen MR) is 80.7 cm³/mol. The number of aromatic nitrogens is 1. The van der Waals surface area contributed by atoms with Crippen LogP contribution in [0.2, 0.25) is 0 Å². The number of primary amides is 1. The molecule has 0 aliphatic heterocycles. The van der Waals surface area contributed by atoms with Crippen LogP contribution in [0.3, 0.4) is 0 Å². The molecule has 3 N–H and O–H groups in total. The van der Waals surface area contributed by atoms with Gasteiger partial charge in [0.1, 0.15) is 17.1 Å². The van der Waals surface area contributed by atoms with Crippen LogP contribution in [0.1, 0.15) is 15.9 Å². The molecule has 1 amide bonds. The maximum absolute atomic E-state index is 13.5. The molecule has 2 heterocycles. The zero-order valence-corrected chi connectivity index (χ0v) is 11.9. The van der Waals surface area contributed by atoms with Gasteiger partial charge in [0.2, 0.25) is 0 Å². The van der Waals surface area contributed by atoms with E-state index in [4.69, 9.17) is 10.2 Å². The van der Waals surface area contributed by atoms with Crippen molar-refractivity contribution < 1.29 is 13.6 Å². The van der Waals surface area contributed by atoms with Gasteiger partial charge < -0.3 is 15.5 Å². The van der Waals surface area contributed by atoms with Crippen LogP contribution < -0.4 is 11.1 Å². The Morgan fingerprint density at radius 3 is 2.82 bits per heavy atom. The molecule has 0 aliphatic rings. The lowest BCUT2D eigenvalue weighted by Gasteiger charge is -2.00. The van der Waals surface area contributed by atoms with Crippen molar-refractivity contribution in [1.29, 1.82) is 0 Å². The van der Waals surface area contributed by atoms with Crippen LogP contribution in [0, 0.1) is 5.82 Å². The van der Waals surface area contributed by atoms with Crippen molar-refractivity contribution >= 4 is 16.9 Å². The molecule has 3 aromatic rings. The van der Waals surface area contributed by atoms with Crippen molar-refractivity contribution in [1.82, 2.24) is 10.3 Å². The van der Waals surface area contributed by atoms with E-state index in [1.807, 2.05) is 19.2 Å². The molecule has 2 aromatic heterocycles. The number of benzene rings is 1. The van der Waals surface area contributed by atoms with Crippen LogP contribution in [-0.2, 0) is 6.54 Å². The molecule has 22 heavy (non-hydrogen) atoms. The van der Waals surface area contributed by atoms with Crippen LogP contribution in [0.4, 0.5) is 4.39 Å². The number of furan rings is 1. The van der Waals surface area contributed by atoms with E-state index >= 15 is 0 Å². The molecule has 0 bridgehead atoms. The molecule has 0 fully saturated rings. The van der Waals surface area contributed by atoms with E-state index in [1.54, 1.807) is 12.3 Å². The van der Waals surface area contributed by atoms with E-state index in [9.17, 15) is 9.18 Å². The largest absolute Gasteiger partial charge is 0.454 e. The number of amides is 1. The summed E-state index contributed by atoms with van der Waals surface area (Å²) >= 11 is 0. The number of pyridine rings is 1. The molecule has 0 spiro atoms. The zero-order chi connectivity index (χ0) is 15.7. The van der Waals surface area contributed by atoms with Crippen LogP contribution in [0.5, 0.6) is 0 Å². The van der Waals surface area contributed by atoms with Crippen molar-refractivity contribution in [3.05, 3.63) is 53.5 Å². The summed E-state index contributed by atoms with van der Waals surface area (Å²) in [5, 5.41) is 3.51. The lowest BCUT2D eigenvalue weighted by atomic mass is 10.1. The van der Waals surface area contributed by atoms with Crippen molar-refractivity contribution in [3.63, 3.8) is 0 Å². The van der Waals surface area contributed by atoms with Crippen LogP contribution >= 0.6 is 0 Å². The summed E-state index contributed by atoms with van der Waals surface area (Å²) in [6.45, 7) is 0.713. The molecule has 0 saturated heterocycles. The average Bonchev–Trinajstić information content (AvgIpc) is 2.91. The minimum Gasteiger partial charge on any atom is -0.454 e. The molecule has 0 unspecified atom stereocenters. The first-order chi connectivity index (χ1) is 10.6. The normalized spacial score (nSPS) is 11.0. The number of fused-ring (bicyclic) bond motifs is 1. The number of rotatable bonds is 4. The van der Waals surface area contributed by atoms with Crippen LogP contribution in [-0.4, -0.2) is 17.9 Å². The minimum absolute atomic E-state index is 0.0213. The van der Waals surface area contributed by atoms with E-state index < -0.39 is 11.7 Å². The van der Waals surface area contributed by atoms with Gasteiger partial charge in [0.05, 0.1) is 5.56 Å². The second-order valence-electron chi connectivity index (χ2n) is 4.93. The Labute approximate surface area is 125 Å². The number of hydrogen-bond acceptors (Lipinski definition) is 4. The second kappa shape index (κ2) is 5.57. The summed E-state index contributed by atoms with van der Waals surface area (Å²) < 4.78 is 19.2. The summed E-state index contributed by atoms with van der Waals surface area (Å²) in [5.41, 5.74) is 7.19. The lowest BCUT2D eigenvalue weighted by molar-refractivity contribution is 0.100. The first kappa shape index (κ1) is 14.2. The number of carbonyl (C=O) groups excluding carboxylic acids is 1. The molecular formula is C16H14FN3O2. The first-order valence-corrected chi connectivity index (χ1v) is 6.71. The zero-order valence-electron chi connectivity index (χ0n) is 11.9. The summed E-state index contributed by atoms with van der Waals surface area (Å²) in [6.07, 6.45) is 1.73. The molecule has 5 nitrogen and oxygen atoms in total. The van der Waals surface area contributed by atoms with E-state index in [-0.39, 0.29) is 11.1 Å². The highest BCUT2D eigenvalue weighted by Gasteiger charge is 2.15. The van der Waals surface area contributed by atoms with Gasteiger partial charge in [-0.1, -0.05) is 6.07 Å². The monoisotopic (exact) mass is 299 g/mol. The summed E-state index contributed by atoms with van der Waals surface area (Å²) in [4.78, 5) is 15.7. The van der Waals surface area contributed by atoms with Crippen molar-refractivity contribution in [2.24, 2.45) is 5.73 Å². The van der Waals surface area contributed by atoms with Gasteiger partial charge in [-0.05, 0) is 36.9 Å². The SMILES string of the molecule is CNCc1ccc(-c2cc3cc(F)cc(C(N)=O)c3o2)nc1. The molecule has 0 atom stereocenters. The molecule has 0 aliphatic carbocycles. The van der Waals surface area contributed by atoms with E-state index in [2.05, 4.69) is 10.3 Å². The molecule has 1 aromatic carbocycles. The molecular weight excluding hydrogens is 285 g/mol. The van der Waals surface area contributed by atoms with Gasteiger partial charge in [-0.3, -0.25) is 9.78 Å². The smallest absolute Gasteiger partial charge is 0.252 e. The third-order valence-electron chi connectivity index (χ3n) is 3.30. The number of nitrogens with one attached hydrogen (secondary N) is 1. The van der Waals surface area contributed by atoms with Crippen molar-refractivity contribution in [2.45, 2.75) is 6.54 Å². The topological polar surface area (TPSA) is 81.1 Å². The molecule has 0 radical (unpaired) electrons. The Morgan fingerprint density at radius 2 is 2.18 bits per heavy atom. The van der Waals surface area contributed by atoms with E-state index in [0.29, 0.717) is 23.4 Å². The van der Waals surface area contributed by atoms with E-state index in [1.165, 1.54) is 6.07 Å². The number of hydrogen-bond donors (Lipinski definition) is 2. The summed E-state index contributed by atoms with van der Waals surface area (Å²) in [6, 6.07) is 7.74. The average molecular weight is 299 g/mol. The van der Waals surface area contributed by atoms with Gasteiger partial charge in [-0.15, -0.1) is 0 Å². The number of nitrogens with two attached hydrogens (primary N) is 1. The fourth-order valence-corrected chi connectivity index (χ4v) is 2.30. The summed E-state index contributed by atoms with van der Waals surface area (Å²) in [7, 11) is 1.85. The highest BCUT2D eigenvalue weighted by atomic mass is 19.1. The molecule has 3 rings (SSSR count). The Morgan fingerprint density at radius 1 is 1.36 bits per heavy atom. The van der Waals surface area contributed by atoms with E-state index in [0.717, 1.165) is 11.6 Å². The predicted octanol–water partition coefficient (Wildman–Crippen LogP) is 2.45. The van der Waals surface area contributed by atoms with Gasteiger partial charge >= 0.3 is 0 Å². The Kier molecular flexibility index (Phi) is 3.60. The van der Waals surface area contributed by atoms with Gasteiger partial charge in [-0.2, -0.15) is 0 Å². The number of nitrogens with zero attached hydrogens (tertiary/aromatic N) is 1. The lowest BCUT2D eigenvalue weighted by Crippen LogP contribution is -2.11. The minimum atomic E-state index is -0.734. The first-order valence-electron chi connectivity index (χ1n) is 6.71. The maximum atomic E-state index is 13.5. The highest BCUT2D eigenvalue weighted by Crippen LogP contribution is 2.29.